The predicted molar refractivity (Wildman–Crippen MR) is 118 cm³/mol. The molecule has 1 aromatic carbocycles. The van der Waals surface area contributed by atoms with Crippen LogP contribution in [0.5, 0.6) is 5.75 Å². The predicted octanol–water partition coefficient (Wildman–Crippen LogP) is 2.77. The molecule has 1 aromatic rings. The van der Waals surface area contributed by atoms with Crippen molar-refractivity contribution < 1.29 is 23.9 Å². The highest BCUT2D eigenvalue weighted by Gasteiger charge is 2.28. The number of rotatable bonds is 6. The van der Waals surface area contributed by atoms with Crippen molar-refractivity contribution in [3.8, 4) is 5.75 Å². The van der Waals surface area contributed by atoms with Crippen LogP contribution in [0.15, 0.2) is 24.3 Å². The second kappa shape index (κ2) is 10.5. The van der Waals surface area contributed by atoms with Gasteiger partial charge in [-0.25, -0.2) is 4.79 Å². The van der Waals surface area contributed by atoms with E-state index in [1.165, 1.54) is 5.56 Å². The molecule has 8 heteroatoms. The van der Waals surface area contributed by atoms with Gasteiger partial charge in [0.15, 0.2) is 6.10 Å². The minimum atomic E-state index is -0.623. The van der Waals surface area contributed by atoms with Crippen LogP contribution in [-0.2, 0) is 14.3 Å². The molecule has 0 saturated carbocycles. The van der Waals surface area contributed by atoms with Crippen LogP contribution in [0.4, 0.5) is 4.79 Å². The van der Waals surface area contributed by atoms with E-state index < -0.39 is 17.8 Å². The summed E-state index contributed by atoms with van der Waals surface area (Å²) in [7, 11) is 0. The quantitative estimate of drug-likeness (QED) is 0.745. The number of nitrogens with one attached hydrogen (secondary N) is 1. The molecule has 1 unspecified atom stereocenters. The van der Waals surface area contributed by atoms with Crippen LogP contribution in [0.25, 0.3) is 0 Å². The van der Waals surface area contributed by atoms with E-state index >= 15 is 0 Å². The Labute approximate surface area is 184 Å². The highest BCUT2D eigenvalue weighted by Crippen LogP contribution is 2.20. The molecule has 0 bridgehead atoms. The van der Waals surface area contributed by atoms with E-state index in [4.69, 9.17) is 9.47 Å². The summed E-state index contributed by atoms with van der Waals surface area (Å²) in [4.78, 5) is 40.1. The first-order valence-electron chi connectivity index (χ1n) is 10.8. The summed E-state index contributed by atoms with van der Waals surface area (Å²) < 4.78 is 10.9. The molecule has 1 aliphatic rings. The Morgan fingerprint density at radius 2 is 1.52 bits per heavy atom. The maximum Gasteiger partial charge on any atom is 0.408 e. The first-order chi connectivity index (χ1) is 14.5. The molecule has 0 aromatic heterocycles. The van der Waals surface area contributed by atoms with Gasteiger partial charge in [-0.05, 0) is 51.3 Å². The summed E-state index contributed by atoms with van der Waals surface area (Å²) in [6, 6.07) is 7.78. The Morgan fingerprint density at radius 1 is 0.968 bits per heavy atom. The topological polar surface area (TPSA) is 88.2 Å². The van der Waals surface area contributed by atoms with Crippen LogP contribution >= 0.6 is 0 Å². The molecule has 0 spiro atoms. The Morgan fingerprint density at radius 3 is 2.03 bits per heavy atom. The summed E-state index contributed by atoms with van der Waals surface area (Å²) in [5.41, 5.74) is 0.599. The van der Waals surface area contributed by atoms with E-state index in [0.717, 1.165) is 0 Å². The van der Waals surface area contributed by atoms with Gasteiger partial charge < -0.3 is 24.6 Å². The number of carbonyl (C=O) groups excluding carboxylic acids is 3. The lowest BCUT2D eigenvalue weighted by atomic mass is 10.0. The lowest BCUT2D eigenvalue weighted by molar-refractivity contribution is -0.143. The summed E-state index contributed by atoms with van der Waals surface area (Å²) in [5, 5.41) is 2.47. The molecular weight excluding hydrogens is 398 g/mol. The number of alkyl carbamates (subject to hydrolysis) is 1. The molecule has 31 heavy (non-hydrogen) atoms. The smallest absolute Gasteiger partial charge is 0.408 e. The van der Waals surface area contributed by atoms with Gasteiger partial charge in [-0.1, -0.05) is 26.0 Å². The zero-order valence-corrected chi connectivity index (χ0v) is 19.4. The van der Waals surface area contributed by atoms with Crippen molar-refractivity contribution in [3.05, 3.63) is 29.8 Å². The maximum atomic E-state index is 12.7. The minimum absolute atomic E-state index is 0.105. The average Bonchev–Trinajstić information content (AvgIpc) is 2.70. The number of hydrogen-bond donors (Lipinski definition) is 1. The third-order valence-electron chi connectivity index (χ3n) is 4.93. The first kappa shape index (κ1) is 24.5. The second-order valence-corrected chi connectivity index (χ2v) is 9.05. The van der Waals surface area contributed by atoms with Crippen LogP contribution in [0.1, 0.15) is 53.0 Å². The Hall–Kier alpha value is -2.77. The van der Waals surface area contributed by atoms with Crippen LogP contribution in [0, 0.1) is 0 Å². The van der Waals surface area contributed by atoms with Gasteiger partial charge >= 0.3 is 6.09 Å². The maximum absolute atomic E-state index is 12.7. The molecule has 3 amide bonds. The molecule has 1 atom stereocenters. The SMILES string of the molecule is CC(Oc1ccc(C(C)C)cc1)C(=O)N1CCN(C(=O)CNC(=O)OC(C)(C)C)CC1. The number of hydrogen-bond acceptors (Lipinski definition) is 5. The molecule has 172 valence electrons. The molecule has 8 nitrogen and oxygen atoms in total. The van der Waals surface area contributed by atoms with Crippen LogP contribution in [0.2, 0.25) is 0 Å². The van der Waals surface area contributed by atoms with Gasteiger partial charge in [0.2, 0.25) is 5.91 Å². The first-order valence-corrected chi connectivity index (χ1v) is 10.8. The van der Waals surface area contributed by atoms with Gasteiger partial charge in [0.1, 0.15) is 17.9 Å². The highest BCUT2D eigenvalue weighted by atomic mass is 16.6. The normalized spacial score (nSPS) is 15.5. The highest BCUT2D eigenvalue weighted by molar-refractivity contribution is 5.83. The van der Waals surface area contributed by atoms with Crippen molar-refractivity contribution in [3.63, 3.8) is 0 Å². The largest absolute Gasteiger partial charge is 0.481 e. The molecule has 1 N–H and O–H groups in total. The van der Waals surface area contributed by atoms with E-state index in [1.54, 1.807) is 37.5 Å². The van der Waals surface area contributed by atoms with E-state index in [-0.39, 0.29) is 18.4 Å². The standard InChI is InChI=1S/C23H35N3O5/c1-16(2)18-7-9-19(10-8-18)30-17(3)21(28)26-13-11-25(12-14-26)20(27)15-24-22(29)31-23(4,5)6/h7-10,16-17H,11-15H2,1-6H3,(H,24,29). The minimum Gasteiger partial charge on any atom is -0.481 e. The average molecular weight is 434 g/mol. The number of ether oxygens (including phenoxy) is 2. The van der Waals surface area contributed by atoms with Crippen LogP contribution in [0.3, 0.4) is 0 Å². The van der Waals surface area contributed by atoms with Gasteiger partial charge in [0, 0.05) is 26.2 Å². The molecule has 0 aliphatic carbocycles. The summed E-state index contributed by atoms with van der Waals surface area (Å²) in [5.74, 6) is 0.790. The van der Waals surface area contributed by atoms with Gasteiger partial charge in [0.25, 0.3) is 5.91 Å². The Balaban J connectivity index is 1.77. The van der Waals surface area contributed by atoms with E-state index in [2.05, 4.69) is 19.2 Å². The number of amides is 3. The summed E-state index contributed by atoms with van der Waals surface area (Å²) in [6.45, 7) is 12.8. The molecular formula is C23H35N3O5. The van der Waals surface area contributed by atoms with Crippen LogP contribution < -0.4 is 10.1 Å². The molecule has 1 fully saturated rings. The summed E-state index contributed by atoms with van der Waals surface area (Å²) >= 11 is 0. The zero-order valence-electron chi connectivity index (χ0n) is 19.4. The Kier molecular flexibility index (Phi) is 8.30. The van der Waals surface area contributed by atoms with E-state index in [0.29, 0.717) is 37.8 Å². The van der Waals surface area contributed by atoms with Crippen molar-refractivity contribution >= 4 is 17.9 Å². The number of piperazine rings is 1. The third kappa shape index (κ3) is 7.77. The number of carbonyl (C=O) groups is 3. The van der Waals surface area contributed by atoms with Gasteiger partial charge in [-0.2, -0.15) is 0 Å². The monoisotopic (exact) mass is 433 g/mol. The second-order valence-electron chi connectivity index (χ2n) is 9.05. The number of benzene rings is 1. The molecule has 2 rings (SSSR count). The third-order valence-corrected chi connectivity index (χ3v) is 4.93. The van der Waals surface area contributed by atoms with Crippen molar-refractivity contribution in [1.29, 1.82) is 0 Å². The number of nitrogens with zero attached hydrogens (tertiary/aromatic N) is 2. The van der Waals surface area contributed by atoms with Crippen molar-refractivity contribution in [2.45, 2.75) is 59.2 Å². The molecule has 1 heterocycles. The fourth-order valence-electron chi connectivity index (χ4n) is 3.19. The lowest BCUT2D eigenvalue weighted by Gasteiger charge is -2.36. The fraction of sp³-hybridized carbons (Fsp3) is 0.609. The summed E-state index contributed by atoms with van der Waals surface area (Å²) in [6.07, 6.45) is -1.23. The van der Waals surface area contributed by atoms with Crippen molar-refractivity contribution in [2.75, 3.05) is 32.7 Å². The molecule has 1 saturated heterocycles. The van der Waals surface area contributed by atoms with Gasteiger partial charge in [0.05, 0.1) is 0 Å². The fourth-order valence-corrected chi connectivity index (χ4v) is 3.19. The van der Waals surface area contributed by atoms with Gasteiger partial charge in [-0.15, -0.1) is 0 Å². The van der Waals surface area contributed by atoms with E-state index in [1.807, 2.05) is 24.3 Å². The van der Waals surface area contributed by atoms with E-state index in [9.17, 15) is 14.4 Å². The Bertz CT molecular complexity index is 762. The van der Waals surface area contributed by atoms with Crippen molar-refractivity contribution in [2.24, 2.45) is 0 Å². The molecule has 1 aliphatic heterocycles. The van der Waals surface area contributed by atoms with Gasteiger partial charge in [-0.3, -0.25) is 9.59 Å². The molecule has 0 radical (unpaired) electrons. The van der Waals surface area contributed by atoms with Crippen molar-refractivity contribution in [1.82, 2.24) is 15.1 Å². The zero-order chi connectivity index (χ0) is 23.2. The lowest BCUT2D eigenvalue weighted by Crippen LogP contribution is -2.54. The van der Waals surface area contributed by atoms with Crippen LogP contribution in [-0.4, -0.2) is 72.1 Å².